The van der Waals surface area contributed by atoms with Crippen LogP contribution in [0.4, 0.5) is 0 Å². The largest absolute Gasteiger partial charge is 0.497 e. The molecule has 2 aliphatic rings. The van der Waals surface area contributed by atoms with E-state index < -0.39 is 5.41 Å². The zero-order valence-electron chi connectivity index (χ0n) is 14.5. The van der Waals surface area contributed by atoms with Crippen molar-refractivity contribution in [3.8, 4) is 5.75 Å². The lowest BCUT2D eigenvalue weighted by Crippen LogP contribution is -2.44. The highest BCUT2D eigenvalue weighted by molar-refractivity contribution is 6.39. The molecule has 1 aromatic carbocycles. The van der Waals surface area contributed by atoms with Crippen molar-refractivity contribution in [2.45, 2.75) is 25.7 Å². The van der Waals surface area contributed by atoms with E-state index in [9.17, 15) is 9.59 Å². The van der Waals surface area contributed by atoms with Crippen molar-refractivity contribution < 1.29 is 14.3 Å². The number of primary amides is 1. The molecule has 1 heterocycles. The first-order valence-corrected chi connectivity index (χ1v) is 8.42. The lowest BCUT2D eigenvalue weighted by Gasteiger charge is -2.31. The summed E-state index contributed by atoms with van der Waals surface area (Å²) in [6, 6.07) is 7.66. The van der Waals surface area contributed by atoms with Gasteiger partial charge < -0.3 is 15.8 Å². The monoisotopic (exact) mass is 341 g/mol. The Morgan fingerprint density at radius 3 is 2.52 bits per heavy atom. The minimum absolute atomic E-state index is 0.200. The number of amides is 2. The summed E-state index contributed by atoms with van der Waals surface area (Å²) in [7, 11) is 3.19. The number of hydrogen-bond donors (Lipinski definition) is 2. The summed E-state index contributed by atoms with van der Waals surface area (Å²) in [5.41, 5.74) is 7.07. The van der Waals surface area contributed by atoms with E-state index in [1.54, 1.807) is 14.2 Å². The third-order valence-electron chi connectivity index (χ3n) is 4.96. The SMILES string of the molecule is CNC(=O)C1=NC(Cc2ccc(OC)cc2)=CC(C(N)=O)(C2CC2)C1. The minimum Gasteiger partial charge on any atom is -0.497 e. The Morgan fingerprint density at radius 2 is 2.00 bits per heavy atom. The number of ether oxygens (including phenoxy) is 1. The Bertz CT molecular complexity index is 748. The van der Waals surface area contributed by atoms with Gasteiger partial charge in [0, 0.05) is 25.6 Å². The van der Waals surface area contributed by atoms with E-state index in [2.05, 4.69) is 10.3 Å². The zero-order chi connectivity index (χ0) is 18.0. The van der Waals surface area contributed by atoms with Gasteiger partial charge in [-0.05, 0) is 42.5 Å². The quantitative estimate of drug-likeness (QED) is 0.823. The van der Waals surface area contributed by atoms with Gasteiger partial charge in [-0.25, -0.2) is 0 Å². The van der Waals surface area contributed by atoms with Gasteiger partial charge in [0.05, 0.1) is 12.5 Å². The molecule has 1 aliphatic heterocycles. The molecule has 1 atom stereocenters. The molecule has 6 nitrogen and oxygen atoms in total. The second kappa shape index (κ2) is 6.70. The molecule has 1 fully saturated rings. The van der Waals surface area contributed by atoms with E-state index in [4.69, 9.17) is 10.5 Å². The van der Waals surface area contributed by atoms with Gasteiger partial charge in [-0.15, -0.1) is 0 Å². The molecule has 0 bridgehead atoms. The molecule has 3 rings (SSSR count). The summed E-state index contributed by atoms with van der Waals surface area (Å²) in [6.45, 7) is 0. The van der Waals surface area contributed by atoms with Crippen LogP contribution in [0.3, 0.4) is 0 Å². The number of benzene rings is 1. The molecule has 1 unspecified atom stereocenters. The van der Waals surface area contributed by atoms with Gasteiger partial charge in [-0.2, -0.15) is 0 Å². The molecule has 0 aromatic heterocycles. The number of hydrogen-bond acceptors (Lipinski definition) is 4. The lowest BCUT2D eigenvalue weighted by molar-refractivity contribution is -0.126. The highest BCUT2D eigenvalue weighted by Gasteiger charge is 2.51. The first-order valence-electron chi connectivity index (χ1n) is 8.42. The van der Waals surface area contributed by atoms with E-state index >= 15 is 0 Å². The van der Waals surface area contributed by atoms with E-state index in [0.717, 1.165) is 24.2 Å². The molecule has 1 aromatic rings. The van der Waals surface area contributed by atoms with Crippen LogP contribution < -0.4 is 15.8 Å². The summed E-state index contributed by atoms with van der Waals surface area (Å²) in [6.07, 6.45) is 4.61. The fourth-order valence-corrected chi connectivity index (χ4v) is 3.41. The highest BCUT2D eigenvalue weighted by atomic mass is 16.5. The predicted octanol–water partition coefficient (Wildman–Crippen LogP) is 1.59. The van der Waals surface area contributed by atoms with E-state index in [1.165, 1.54) is 0 Å². The average Bonchev–Trinajstić information content (AvgIpc) is 3.46. The van der Waals surface area contributed by atoms with Gasteiger partial charge in [0.1, 0.15) is 11.5 Å². The summed E-state index contributed by atoms with van der Waals surface area (Å²) in [5, 5.41) is 2.60. The number of aliphatic imine (C=N–C) groups is 1. The third kappa shape index (κ3) is 3.43. The van der Waals surface area contributed by atoms with E-state index in [-0.39, 0.29) is 24.2 Å². The lowest BCUT2D eigenvalue weighted by atomic mass is 9.74. The maximum Gasteiger partial charge on any atom is 0.265 e. The van der Waals surface area contributed by atoms with Crippen LogP contribution in [0.5, 0.6) is 5.75 Å². The molecule has 25 heavy (non-hydrogen) atoms. The van der Waals surface area contributed by atoms with Crippen molar-refractivity contribution in [2.24, 2.45) is 22.1 Å². The maximum atomic E-state index is 12.3. The van der Waals surface area contributed by atoms with Crippen LogP contribution in [0.1, 0.15) is 24.8 Å². The predicted molar refractivity (Wildman–Crippen MR) is 95.3 cm³/mol. The second-order valence-electron chi connectivity index (χ2n) is 6.65. The van der Waals surface area contributed by atoms with E-state index in [0.29, 0.717) is 17.8 Å². The molecule has 1 aliphatic carbocycles. The van der Waals surface area contributed by atoms with Crippen molar-refractivity contribution in [1.82, 2.24) is 5.32 Å². The number of allylic oxidation sites excluding steroid dienone is 1. The van der Waals surface area contributed by atoms with E-state index in [1.807, 2.05) is 30.3 Å². The average molecular weight is 341 g/mol. The Balaban J connectivity index is 1.94. The number of carbonyl (C=O) groups is 2. The fraction of sp³-hybridized carbons (Fsp3) is 0.421. The fourth-order valence-electron chi connectivity index (χ4n) is 3.41. The standard InChI is InChI=1S/C19H23N3O3/c1-21-17(23)16-11-19(18(20)24,13-5-6-13)10-14(22-16)9-12-3-7-15(25-2)8-4-12/h3-4,7-8,10,13H,5-6,9,11H2,1-2H3,(H2,20,24)(H,21,23). The molecule has 0 spiro atoms. The normalized spacial score (nSPS) is 22.6. The van der Waals surface area contributed by atoms with Gasteiger partial charge in [0.15, 0.2) is 0 Å². The van der Waals surface area contributed by atoms with Crippen LogP contribution in [0.15, 0.2) is 41.0 Å². The number of nitrogens with two attached hydrogens (primary N) is 1. The van der Waals surface area contributed by atoms with Crippen LogP contribution in [0, 0.1) is 11.3 Å². The number of nitrogens with one attached hydrogen (secondary N) is 1. The number of carbonyl (C=O) groups excluding carboxylic acids is 2. The van der Waals surface area contributed by atoms with Crippen LogP contribution >= 0.6 is 0 Å². The van der Waals surface area contributed by atoms with Crippen LogP contribution in [-0.2, 0) is 16.0 Å². The highest BCUT2D eigenvalue weighted by Crippen LogP contribution is 2.51. The topological polar surface area (TPSA) is 93.8 Å². The van der Waals surface area contributed by atoms with Crippen LogP contribution in [-0.4, -0.2) is 31.7 Å². The van der Waals surface area contributed by atoms with Gasteiger partial charge >= 0.3 is 0 Å². The molecule has 132 valence electrons. The maximum absolute atomic E-state index is 12.3. The Labute approximate surface area is 147 Å². The summed E-state index contributed by atoms with van der Waals surface area (Å²) < 4.78 is 5.17. The first kappa shape index (κ1) is 17.2. The second-order valence-corrected chi connectivity index (χ2v) is 6.65. The molecular weight excluding hydrogens is 318 g/mol. The molecule has 6 heteroatoms. The van der Waals surface area contributed by atoms with Crippen molar-refractivity contribution in [1.29, 1.82) is 0 Å². The summed E-state index contributed by atoms with van der Waals surface area (Å²) >= 11 is 0. The van der Waals surface area contributed by atoms with Gasteiger partial charge in [0.2, 0.25) is 5.91 Å². The van der Waals surface area contributed by atoms with Crippen molar-refractivity contribution in [2.75, 3.05) is 14.2 Å². The molecule has 3 N–H and O–H groups in total. The molecule has 2 amide bonds. The molecular formula is C19H23N3O3. The molecule has 1 saturated carbocycles. The van der Waals surface area contributed by atoms with Crippen molar-refractivity contribution in [3.63, 3.8) is 0 Å². The van der Waals surface area contributed by atoms with Crippen LogP contribution in [0.2, 0.25) is 0 Å². The van der Waals surface area contributed by atoms with Crippen LogP contribution in [0.25, 0.3) is 0 Å². The summed E-state index contributed by atoms with van der Waals surface area (Å²) in [4.78, 5) is 28.9. The minimum atomic E-state index is -0.800. The van der Waals surface area contributed by atoms with Gasteiger partial charge in [-0.1, -0.05) is 12.1 Å². The molecule has 0 radical (unpaired) electrons. The summed E-state index contributed by atoms with van der Waals surface area (Å²) in [5.74, 6) is 0.344. The zero-order valence-corrected chi connectivity index (χ0v) is 14.5. The Kier molecular flexibility index (Phi) is 4.61. The smallest absolute Gasteiger partial charge is 0.265 e. The Morgan fingerprint density at radius 1 is 1.32 bits per heavy atom. The number of methoxy groups -OCH3 is 1. The first-order chi connectivity index (χ1) is 12.0. The number of nitrogens with zero attached hydrogens (tertiary/aromatic N) is 1. The van der Waals surface area contributed by atoms with Gasteiger partial charge in [-0.3, -0.25) is 14.6 Å². The van der Waals surface area contributed by atoms with Gasteiger partial charge in [0.25, 0.3) is 5.91 Å². The third-order valence-corrected chi connectivity index (χ3v) is 4.96. The van der Waals surface area contributed by atoms with Crippen molar-refractivity contribution in [3.05, 3.63) is 41.6 Å². The number of rotatable bonds is 6. The van der Waals surface area contributed by atoms with Crippen molar-refractivity contribution >= 4 is 17.5 Å². The Hall–Kier alpha value is -2.63. The molecule has 0 saturated heterocycles.